The van der Waals surface area contributed by atoms with E-state index in [4.69, 9.17) is 32.7 Å². The zero-order valence-corrected chi connectivity index (χ0v) is 18.5. The van der Waals surface area contributed by atoms with Gasteiger partial charge in [0.1, 0.15) is 22.2 Å². The van der Waals surface area contributed by atoms with Crippen LogP contribution in [0, 0.1) is 6.92 Å². The molecule has 0 radical (unpaired) electrons. The van der Waals surface area contributed by atoms with Gasteiger partial charge in [-0.2, -0.15) is 0 Å². The van der Waals surface area contributed by atoms with Crippen molar-refractivity contribution in [2.75, 3.05) is 5.32 Å². The number of halogens is 2. The smallest absolute Gasteiger partial charge is 0.351 e. The molecular formula is C21H18Cl2N2O4S. The van der Waals surface area contributed by atoms with Gasteiger partial charge in [-0.05, 0) is 50.2 Å². The number of amides is 1. The van der Waals surface area contributed by atoms with Gasteiger partial charge in [0.2, 0.25) is 0 Å². The number of aryl methyl sites for hydroxylation is 1. The number of nitrogens with one attached hydrogen (secondary N) is 1. The maximum atomic E-state index is 12.5. The van der Waals surface area contributed by atoms with Crippen LogP contribution in [0.5, 0.6) is 5.75 Å². The maximum Gasteiger partial charge on any atom is 0.351 e. The lowest BCUT2D eigenvalue weighted by molar-refractivity contribution is -0.123. The van der Waals surface area contributed by atoms with Crippen LogP contribution < -0.4 is 10.1 Å². The highest BCUT2D eigenvalue weighted by Crippen LogP contribution is 2.24. The largest absolute Gasteiger partial charge is 0.486 e. The van der Waals surface area contributed by atoms with Gasteiger partial charge in [-0.15, -0.1) is 11.3 Å². The lowest BCUT2D eigenvalue weighted by atomic mass is 10.3. The molecule has 0 fully saturated rings. The molecule has 3 rings (SSSR count). The number of ether oxygens (including phenoxy) is 2. The molecule has 30 heavy (non-hydrogen) atoms. The molecule has 0 spiro atoms. The first-order valence-electron chi connectivity index (χ1n) is 8.94. The van der Waals surface area contributed by atoms with E-state index in [1.165, 1.54) is 6.92 Å². The fourth-order valence-electron chi connectivity index (χ4n) is 2.44. The second-order valence-corrected chi connectivity index (χ2v) is 8.21. The third-order valence-electron chi connectivity index (χ3n) is 3.99. The minimum atomic E-state index is -1.01. The van der Waals surface area contributed by atoms with Gasteiger partial charge >= 0.3 is 5.97 Å². The molecule has 0 aliphatic carbocycles. The Hall–Kier alpha value is -2.61. The zero-order chi connectivity index (χ0) is 21.7. The van der Waals surface area contributed by atoms with E-state index in [-0.39, 0.29) is 6.61 Å². The molecule has 3 aromatic rings. The van der Waals surface area contributed by atoms with Gasteiger partial charge in [-0.25, -0.2) is 9.78 Å². The highest BCUT2D eigenvalue weighted by atomic mass is 35.5. The number of carbonyl (C=O) groups is 2. The second kappa shape index (κ2) is 9.93. The minimum Gasteiger partial charge on any atom is -0.486 e. The first-order chi connectivity index (χ1) is 14.3. The first-order valence-corrected chi connectivity index (χ1v) is 10.5. The summed E-state index contributed by atoms with van der Waals surface area (Å²) in [5, 5.41) is 4.26. The molecule has 2 aromatic carbocycles. The molecule has 1 heterocycles. The van der Waals surface area contributed by atoms with E-state index in [0.29, 0.717) is 37.1 Å². The van der Waals surface area contributed by atoms with E-state index in [9.17, 15) is 9.59 Å². The first kappa shape index (κ1) is 22.1. The predicted octanol–water partition coefficient (Wildman–Crippen LogP) is 5.52. The summed E-state index contributed by atoms with van der Waals surface area (Å²) in [6, 6.07) is 13.8. The summed E-state index contributed by atoms with van der Waals surface area (Å²) in [5.41, 5.74) is 0.959. The Morgan fingerprint density at radius 2 is 1.83 bits per heavy atom. The molecule has 6 nitrogen and oxygen atoms in total. The number of benzene rings is 2. The average Bonchev–Trinajstić information content (AvgIpc) is 3.10. The van der Waals surface area contributed by atoms with Crippen LogP contribution in [0.4, 0.5) is 5.69 Å². The molecule has 156 valence electrons. The SMILES string of the molecule is Cc1nc(COc2ccc(Cl)cc2)sc1C(=O)OC(C)C(=O)Nc1ccccc1Cl. The van der Waals surface area contributed by atoms with Crippen LogP contribution in [-0.2, 0) is 16.1 Å². The minimum absolute atomic E-state index is 0.197. The number of rotatable bonds is 7. The number of para-hydroxylation sites is 1. The van der Waals surface area contributed by atoms with Gasteiger partial charge < -0.3 is 14.8 Å². The molecule has 0 saturated heterocycles. The highest BCUT2D eigenvalue weighted by Gasteiger charge is 2.23. The summed E-state index contributed by atoms with van der Waals surface area (Å²) < 4.78 is 11.0. The third kappa shape index (κ3) is 5.72. The molecular weight excluding hydrogens is 447 g/mol. The maximum absolute atomic E-state index is 12.5. The Morgan fingerprint density at radius 3 is 2.53 bits per heavy atom. The highest BCUT2D eigenvalue weighted by molar-refractivity contribution is 7.13. The van der Waals surface area contributed by atoms with Crippen molar-refractivity contribution < 1.29 is 19.1 Å². The van der Waals surface area contributed by atoms with E-state index >= 15 is 0 Å². The number of hydrogen-bond acceptors (Lipinski definition) is 6. The fourth-order valence-corrected chi connectivity index (χ4v) is 3.61. The number of hydrogen-bond donors (Lipinski definition) is 1. The number of anilines is 1. The van der Waals surface area contributed by atoms with E-state index in [1.807, 2.05) is 0 Å². The number of carbonyl (C=O) groups excluding carboxylic acids is 2. The average molecular weight is 465 g/mol. The number of nitrogens with zero attached hydrogens (tertiary/aromatic N) is 1. The van der Waals surface area contributed by atoms with Crippen molar-refractivity contribution in [2.24, 2.45) is 0 Å². The van der Waals surface area contributed by atoms with Crippen molar-refractivity contribution >= 4 is 52.1 Å². The van der Waals surface area contributed by atoms with Gasteiger partial charge in [0.05, 0.1) is 16.4 Å². The quantitative estimate of drug-likeness (QED) is 0.465. The zero-order valence-electron chi connectivity index (χ0n) is 16.1. The Labute approximate surface area is 187 Å². The van der Waals surface area contributed by atoms with Gasteiger partial charge in [-0.1, -0.05) is 35.3 Å². The molecule has 9 heteroatoms. The van der Waals surface area contributed by atoms with Crippen molar-refractivity contribution in [3.8, 4) is 5.75 Å². The van der Waals surface area contributed by atoms with Crippen molar-refractivity contribution in [2.45, 2.75) is 26.6 Å². The van der Waals surface area contributed by atoms with Crippen LogP contribution in [0.1, 0.15) is 27.3 Å². The van der Waals surface area contributed by atoms with Gasteiger partial charge in [0.15, 0.2) is 6.10 Å². The van der Waals surface area contributed by atoms with E-state index < -0.39 is 18.0 Å². The Morgan fingerprint density at radius 1 is 1.13 bits per heavy atom. The van der Waals surface area contributed by atoms with E-state index in [0.717, 1.165) is 11.3 Å². The Kier molecular flexibility index (Phi) is 7.31. The van der Waals surface area contributed by atoms with Gasteiger partial charge in [0.25, 0.3) is 5.91 Å². The third-order valence-corrected chi connectivity index (χ3v) is 5.68. The van der Waals surface area contributed by atoms with Crippen LogP contribution >= 0.6 is 34.5 Å². The Balaban J connectivity index is 1.58. The lowest BCUT2D eigenvalue weighted by Crippen LogP contribution is -2.30. The monoisotopic (exact) mass is 464 g/mol. The van der Waals surface area contributed by atoms with Crippen LogP contribution in [0.2, 0.25) is 10.0 Å². The normalized spacial score (nSPS) is 11.6. The number of esters is 1. The molecule has 1 unspecified atom stereocenters. The fraction of sp³-hybridized carbons (Fsp3) is 0.190. The van der Waals surface area contributed by atoms with Crippen LogP contribution in [-0.4, -0.2) is 23.0 Å². The predicted molar refractivity (Wildman–Crippen MR) is 118 cm³/mol. The summed E-state index contributed by atoms with van der Waals surface area (Å²) >= 11 is 13.0. The van der Waals surface area contributed by atoms with Crippen LogP contribution in [0.15, 0.2) is 48.5 Å². The second-order valence-electron chi connectivity index (χ2n) is 6.28. The van der Waals surface area contributed by atoms with E-state index in [1.54, 1.807) is 55.5 Å². The summed E-state index contributed by atoms with van der Waals surface area (Å²) in [5.74, 6) is -0.462. The summed E-state index contributed by atoms with van der Waals surface area (Å²) in [6.07, 6.45) is -1.01. The summed E-state index contributed by atoms with van der Waals surface area (Å²) in [6.45, 7) is 3.39. The summed E-state index contributed by atoms with van der Waals surface area (Å²) in [4.78, 5) is 29.5. The molecule has 1 aromatic heterocycles. The lowest BCUT2D eigenvalue weighted by Gasteiger charge is -2.13. The van der Waals surface area contributed by atoms with Crippen molar-refractivity contribution in [3.63, 3.8) is 0 Å². The molecule has 0 aliphatic rings. The molecule has 0 saturated carbocycles. The van der Waals surface area contributed by atoms with Crippen LogP contribution in [0.25, 0.3) is 0 Å². The molecule has 1 atom stereocenters. The number of aromatic nitrogens is 1. The molecule has 0 bridgehead atoms. The molecule has 1 N–H and O–H groups in total. The van der Waals surface area contributed by atoms with Crippen molar-refractivity contribution in [1.29, 1.82) is 0 Å². The standard InChI is InChI=1S/C21H18Cl2N2O4S/c1-12-19(30-18(24-12)11-28-15-9-7-14(22)8-10-15)21(27)29-13(2)20(26)25-17-6-4-3-5-16(17)23/h3-10,13H,11H2,1-2H3,(H,25,26). The topological polar surface area (TPSA) is 77.5 Å². The van der Waals surface area contributed by atoms with Crippen molar-refractivity contribution in [1.82, 2.24) is 4.98 Å². The Bertz CT molecular complexity index is 1050. The van der Waals surface area contributed by atoms with E-state index in [2.05, 4.69) is 10.3 Å². The van der Waals surface area contributed by atoms with Gasteiger partial charge in [-0.3, -0.25) is 4.79 Å². The molecule has 0 aliphatic heterocycles. The van der Waals surface area contributed by atoms with Crippen LogP contribution in [0.3, 0.4) is 0 Å². The number of thiazole rings is 1. The summed E-state index contributed by atoms with van der Waals surface area (Å²) in [7, 11) is 0. The molecule has 1 amide bonds. The van der Waals surface area contributed by atoms with Gasteiger partial charge in [0, 0.05) is 5.02 Å². The van der Waals surface area contributed by atoms with Crippen molar-refractivity contribution in [3.05, 3.63) is 74.2 Å².